The van der Waals surface area contributed by atoms with Gasteiger partial charge in [0.2, 0.25) is 0 Å². The van der Waals surface area contributed by atoms with Crippen LogP contribution in [-0.2, 0) is 0 Å². The summed E-state index contributed by atoms with van der Waals surface area (Å²) in [4.78, 5) is 2.53. The molecule has 0 unspecified atom stereocenters. The summed E-state index contributed by atoms with van der Waals surface area (Å²) < 4.78 is 0. The van der Waals surface area contributed by atoms with Gasteiger partial charge in [0, 0.05) is 6.04 Å². The Balaban J connectivity index is 2.16. The molecule has 1 nitrogen and oxygen atoms in total. The van der Waals surface area contributed by atoms with Crippen LogP contribution in [0.1, 0.15) is 26.7 Å². The summed E-state index contributed by atoms with van der Waals surface area (Å²) >= 11 is 0. The largest absolute Gasteiger partial charge is 0.301 e. The van der Waals surface area contributed by atoms with Gasteiger partial charge < -0.3 is 4.90 Å². The standard InChI is InChI=1S/C7H15N/c1-3-7-5-6-8(7)4-2/h7H,3-6H2,1-2H3/t7-/m1/s1. The summed E-state index contributed by atoms with van der Waals surface area (Å²) in [7, 11) is 0. The van der Waals surface area contributed by atoms with Crippen LogP contribution < -0.4 is 0 Å². The Labute approximate surface area is 51.7 Å². The molecule has 0 aromatic heterocycles. The Kier molecular flexibility index (Phi) is 1.90. The van der Waals surface area contributed by atoms with E-state index in [4.69, 9.17) is 0 Å². The van der Waals surface area contributed by atoms with Gasteiger partial charge in [-0.15, -0.1) is 0 Å². The number of rotatable bonds is 2. The van der Waals surface area contributed by atoms with Crippen LogP contribution in [0.5, 0.6) is 0 Å². The van der Waals surface area contributed by atoms with Gasteiger partial charge in [-0.2, -0.15) is 0 Å². The zero-order chi connectivity index (χ0) is 5.98. The molecule has 1 aliphatic rings. The molecule has 48 valence electrons. The van der Waals surface area contributed by atoms with E-state index in [9.17, 15) is 0 Å². The summed E-state index contributed by atoms with van der Waals surface area (Å²) in [6.07, 6.45) is 2.78. The molecule has 0 N–H and O–H groups in total. The molecule has 1 rings (SSSR count). The van der Waals surface area contributed by atoms with Gasteiger partial charge in [-0.3, -0.25) is 0 Å². The first-order valence-electron chi connectivity index (χ1n) is 3.62. The predicted octanol–water partition coefficient (Wildman–Crippen LogP) is 1.49. The van der Waals surface area contributed by atoms with Gasteiger partial charge >= 0.3 is 0 Å². The quantitative estimate of drug-likeness (QED) is 0.524. The van der Waals surface area contributed by atoms with Crippen molar-refractivity contribution in [2.24, 2.45) is 0 Å². The Morgan fingerprint density at radius 3 is 2.38 bits per heavy atom. The lowest BCUT2D eigenvalue weighted by atomic mass is 10.0. The number of hydrogen-bond acceptors (Lipinski definition) is 1. The van der Waals surface area contributed by atoms with Gasteiger partial charge in [-0.25, -0.2) is 0 Å². The molecule has 1 heterocycles. The van der Waals surface area contributed by atoms with Crippen molar-refractivity contribution < 1.29 is 0 Å². The highest BCUT2D eigenvalue weighted by Gasteiger charge is 2.23. The summed E-state index contributed by atoms with van der Waals surface area (Å²) in [6, 6.07) is 0.931. The molecule has 1 atom stereocenters. The summed E-state index contributed by atoms with van der Waals surface area (Å²) in [5, 5.41) is 0. The smallest absolute Gasteiger partial charge is 0.0105 e. The maximum absolute atomic E-state index is 2.53. The first-order chi connectivity index (χ1) is 3.88. The summed E-state index contributed by atoms with van der Waals surface area (Å²) in [5.41, 5.74) is 0. The Morgan fingerprint density at radius 1 is 1.50 bits per heavy atom. The van der Waals surface area contributed by atoms with Crippen LogP contribution in [0, 0.1) is 0 Å². The molecule has 0 radical (unpaired) electrons. The second-order valence-electron chi connectivity index (χ2n) is 2.48. The number of nitrogens with zero attached hydrogens (tertiary/aromatic N) is 1. The molecule has 1 aliphatic heterocycles. The van der Waals surface area contributed by atoms with Gasteiger partial charge in [-0.1, -0.05) is 13.8 Å². The molecule has 0 aromatic carbocycles. The minimum absolute atomic E-state index is 0.931. The number of hydrogen-bond donors (Lipinski definition) is 0. The van der Waals surface area contributed by atoms with E-state index < -0.39 is 0 Å². The van der Waals surface area contributed by atoms with E-state index in [0.29, 0.717) is 0 Å². The molecule has 0 aromatic rings. The minimum atomic E-state index is 0.931. The van der Waals surface area contributed by atoms with Crippen molar-refractivity contribution in [2.75, 3.05) is 13.1 Å². The molecule has 1 fully saturated rings. The molecule has 0 saturated carbocycles. The van der Waals surface area contributed by atoms with Crippen molar-refractivity contribution in [3.8, 4) is 0 Å². The van der Waals surface area contributed by atoms with Gasteiger partial charge in [0.1, 0.15) is 0 Å². The van der Waals surface area contributed by atoms with Crippen molar-refractivity contribution in [2.45, 2.75) is 32.7 Å². The fraction of sp³-hybridized carbons (Fsp3) is 1.00. The zero-order valence-electron chi connectivity index (χ0n) is 5.85. The second-order valence-corrected chi connectivity index (χ2v) is 2.48. The molecule has 0 bridgehead atoms. The molecule has 0 amide bonds. The van der Waals surface area contributed by atoms with Gasteiger partial charge in [0.15, 0.2) is 0 Å². The first-order valence-corrected chi connectivity index (χ1v) is 3.62. The van der Waals surface area contributed by atoms with E-state index >= 15 is 0 Å². The van der Waals surface area contributed by atoms with Gasteiger partial charge in [-0.05, 0) is 25.9 Å². The van der Waals surface area contributed by atoms with Crippen molar-refractivity contribution in [1.82, 2.24) is 4.90 Å². The molecule has 0 spiro atoms. The van der Waals surface area contributed by atoms with Crippen molar-refractivity contribution in [3.63, 3.8) is 0 Å². The average molecular weight is 113 g/mol. The highest BCUT2D eigenvalue weighted by Crippen LogP contribution is 2.18. The maximum atomic E-state index is 2.53. The van der Waals surface area contributed by atoms with Crippen LogP contribution >= 0.6 is 0 Å². The van der Waals surface area contributed by atoms with Crippen molar-refractivity contribution in [1.29, 1.82) is 0 Å². The average Bonchev–Trinajstić information content (AvgIpc) is 1.66. The minimum Gasteiger partial charge on any atom is -0.301 e. The van der Waals surface area contributed by atoms with Crippen LogP contribution in [0.4, 0.5) is 0 Å². The van der Waals surface area contributed by atoms with Gasteiger partial charge in [0.25, 0.3) is 0 Å². The predicted molar refractivity (Wildman–Crippen MR) is 35.9 cm³/mol. The monoisotopic (exact) mass is 113 g/mol. The Hall–Kier alpha value is -0.0400. The van der Waals surface area contributed by atoms with E-state index in [1.54, 1.807) is 0 Å². The summed E-state index contributed by atoms with van der Waals surface area (Å²) in [5.74, 6) is 0. The van der Waals surface area contributed by atoms with E-state index in [2.05, 4.69) is 18.7 Å². The second kappa shape index (κ2) is 2.49. The van der Waals surface area contributed by atoms with Crippen molar-refractivity contribution >= 4 is 0 Å². The highest BCUT2D eigenvalue weighted by atomic mass is 15.2. The van der Waals surface area contributed by atoms with Crippen LogP contribution in [0.2, 0.25) is 0 Å². The first kappa shape index (κ1) is 6.09. The third-order valence-corrected chi connectivity index (χ3v) is 2.14. The molecule has 0 aliphatic carbocycles. The third-order valence-electron chi connectivity index (χ3n) is 2.14. The lowest BCUT2D eigenvalue weighted by Crippen LogP contribution is -2.46. The third kappa shape index (κ3) is 0.873. The Bertz CT molecular complexity index is 56.8. The van der Waals surface area contributed by atoms with Crippen LogP contribution in [-0.4, -0.2) is 24.0 Å². The molecule has 8 heavy (non-hydrogen) atoms. The van der Waals surface area contributed by atoms with Gasteiger partial charge in [0.05, 0.1) is 0 Å². The highest BCUT2D eigenvalue weighted by molar-refractivity contribution is 4.79. The van der Waals surface area contributed by atoms with E-state index in [1.165, 1.54) is 25.9 Å². The van der Waals surface area contributed by atoms with Crippen LogP contribution in [0.25, 0.3) is 0 Å². The van der Waals surface area contributed by atoms with E-state index in [-0.39, 0.29) is 0 Å². The summed E-state index contributed by atoms with van der Waals surface area (Å²) in [6.45, 7) is 7.10. The lowest BCUT2D eigenvalue weighted by Gasteiger charge is -2.39. The van der Waals surface area contributed by atoms with Crippen LogP contribution in [0.15, 0.2) is 0 Å². The van der Waals surface area contributed by atoms with E-state index in [0.717, 1.165) is 6.04 Å². The normalized spacial score (nSPS) is 30.0. The molecular weight excluding hydrogens is 98.1 g/mol. The fourth-order valence-electron chi connectivity index (χ4n) is 1.37. The molecule has 1 heteroatoms. The lowest BCUT2D eigenvalue weighted by molar-refractivity contribution is 0.0950. The van der Waals surface area contributed by atoms with Crippen LogP contribution in [0.3, 0.4) is 0 Å². The van der Waals surface area contributed by atoms with E-state index in [1.807, 2.05) is 0 Å². The van der Waals surface area contributed by atoms with Crippen molar-refractivity contribution in [3.05, 3.63) is 0 Å². The molecular formula is C7H15N. The SMILES string of the molecule is CC[C@@H]1CCN1CC. The topological polar surface area (TPSA) is 3.24 Å². The fourth-order valence-corrected chi connectivity index (χ4v) is 1.37. The maximum Gasteiger partial charge on any atom is 0.0105 e. The number of likely N-dealkylation sites (tertiary alicyclic amines) is 1. The Morgan fingerprint density at radius 2 is 2.25 bits per heavy atom. The zero-order valence-corrected chi connectivity index (χ0v) is 5.85. The molecule has 1 saturated heterocycles.